The van der Waals surface area contributed by atoms with Gasteiger partial charge < -0.3 is 20.3 Å². The van der Waals surface area contributed by atoms with Gasteiger partial charge in [0.25, 0.3) is 5.91 Å². The molecule has 2 aliphatic heterocycles. The van der Waals surface area contributed by atoms with E-state index in [2.05, 4.69) is 10.6 Å². The van der Waals surface area contributed by atoms with Crippen LogP contribution in [0.4, 0.5) is 5.69 Å². The van der Waals surface area contributed by atoms with E-state index in [0.29, 0.717) is 37.6 Å². The maximum Gasteiger partial charge on any atom is 0.254 e. The number of carbonyl (C=O) groups is 3. The number of rotatable bonds is 2. The van der Waals surface area contributed by atoms with Crippen LogP contribution in [0.5, 0.6) is 0 Å². The summed E-state index contributed by atoms with van der Waals surface area (Å²) in [6.07, 6.45) is -0.0500. The number of morpholine rings is 1. The second-order valence-corrected chi connectivity index (χ2v) is 5.26. The van der Waals surface area contributed by atoms with Crippen LogP contribution in [0.1, 0.15) is 16.8 Å². The lowest BCUT2D eigenvalue weighted by Crippen LogP contribution is -2.47. The Hall–Kier alpha value is -2.41. The van der Waals surface area contributed by atoms with E-state index in [0.717, 1.165) is 0 Å². The summed E-state index contributed by atoms with van der Waals surface area (Å²) < 4.78 is 5.20. The molecule has 1 saturated heterocycles. The molecule has 2 N–H and O–H groups in total. The number of benzene rings is 1. The standard InChI is InChI=1S/C15H17N3O4/c19-13(18-5-7-22-8-6-18)9-12-15(21)16-11-4-2-1-3-10(11)14(20)17-12/h1-4,12H,5-9H2,(H,16,21)(H,17,20)/t12-/m0/s1. The van der Waals surface area contributed by atoms with Crippen LogP contribution in [0.2, 0.25) is 0 Å². The van der Waals surface area contributed by atoms with Gasteiger partial charge in [-0.15, -0.1) is 0 Å². The molecule has 3 rings (SSSR count). The highest BCUT2D eigenvalue weighted by molar-refractivity contribution is 6.10. The number of hydrogen-bond acceptors (Lipinski definition) is 4. The first kappa shape index (κ1) is 14.5. The fraction of sp³-hybridized carbons (Fsp3) is 0.400. The molecule has 0 radical (unpaired) electrons. The topological polar surface area (TPSA) is 87.7 Å². The van der Waals surface area contributed by atoms with Gasteiger partial charge in [0.2, 0.25) is 11.8 Å². The third-order valence-corrected chi connectivity index (χ3v) is 3.79. The summed E-state index contributed by atoms with van der Waals surface area (Å²) in [4.78, 5) is 38.3. The molecule has 0 bridgehead atoms. The molecule has 0 unspecified atom stereocenters. The molecule has 2 heterocycles. The fourth-order valence-corrected chi connectivity index (χ4v) is 2.57. The Bertz CT molecular complexity index is 611. The maximum atomic E-state index is 12.2. The zero-order valence-corrected chi connectivity index (χ0v) is 12.0. The summed E-state index contributed by atoms with van der Waals surface area (Å²) in [7, 11) is 0. The fourth-order valence-electron chi connectivity index (χ4n) is 2.57. The van der Waals surface area contributed by atoms with Gasteiger partial charge in [0, 0.05) is 13.1 Å². The Morgan fingerprint density at radius 2 is 1.95 bits per heavy atom. The molecule has 7 heteroatoms. The zero-order valence-electron chi connectivity index (χ0n) is 12.0. The van der Waals surface area contributed by atoms with Gasteiger partial charge >= 0.3 is 0 Å². The molecule has 2 aliphatic rings. The van der Waals surface area contributed by atoms with E-state index in [1.54, 1.807) is 29.2 Å². The van der Waals surface area contributed by atoms with E-state index in [-0.39, 0.29) is 24.1 Å². The first-order valence-electron chi connectivity index (χ1n) is 7.21. The minimum atomic E-state index is -0.866. The molecule has 0 aliphatic carbocycles. The van der Waals surface area contributed by atoms with Crippen LogP contribution < -0.4 is 10.6 Å². The van der Waals surface area contributed by atoms with Crippen molar-refractivity contribution in [3.8, 4) is 0 Å². The van der Waals surface area contributed by atoms with Crippen LogP contribution >= 0.6 is 0 Å². The van der Waals surface area contributed by atoms with Gasteiger partial charge in [0.15, 0.2) is 0 Å². The lowest BCUT2D eigenvalue weighted by molar-refractivity contribution is -0.137. The number of nitrogens with zero attached hydrogens (tertiary/aromatic N) is 1. The highest BCUT2D eigenvalue weighted by Crippen LogP contribution is 2.19. The number of anilines is 1. The monoisotopic (exact) mass is 303 g/mol. The summed E-state index contributed by atoms with van der Waals surface area (Å²) in [6, 6.07) is 5.90. The Morgan fingerprint density at radius 3 is 2.73 bits per heavy atom. The molecular weight excluding hydrogens is 286 g/mol. The largest absolute Gasteiger partial charge is 0.378 e. The first-order valence-corrected chi connectivity index (χ1v) is 7.21. The molecule has 3 amide bonds. The summed E-state index contributed by atoms with van der Waals surface area (Å²) in [5, 5.41) is 5.32. The van der Waals surface area contributed by atoms with Crippen molar-refractivity contribution in [2.45, 2.75) is 12.5 Å². The van der Waals surface area contributed by atoms with Crippen LogP contribution in [-0.2, 0) is 14.3 Å². The van der Waals surface area contributed by atoms with E-state index < -0.39 is 6.04 Å². The highest BCUT2D eigenvalue weighted by atomic mass is 16.5. The van der Waals surface area contributed by atoms with Gasteiger partial charge in [-0.25, -0.2) is 0 Å². The van der Waals surface area contributed by atoms with E-state index in [9.17, 15) is 14.4 Å². The minimum absolute atomic E-state index is 0.0500. The van der Waals surface area contributed by atoms with E-state index in [1.165, 1.54) is 0 Å². The van der Waals surface area contributed by atoms with Crippen LogP contribution in [-0.4, -0.2) is 55.0 Å². The molecule has 0 spiro atoms. The van der Waals surface area contributed by atoms with Crippen LogP contribution in [0.25, 0.3) is 0 Å². The summed E-state index contributed by atoms with van der Waals surface area (Å²) in [5.74, 6) is -0.886. The summed E-state index contributed by atoms with van der Waals surface area (Å²) in [6.45, 7) is 2.03. The predicted octanol–water partition coefficient (Wildman–Crippen LogP) is -0.0140. The van der Waals surface area contributed by atoms with Crippen molar-refractivity contribution in [3.05, 3.63) is 29.8 Å². The zero-order chi connectivity index (χ0) is 15.5. The highest BCUT2D eigenvalue weighted by Gasteiger charge is 2.31. The second-order valence-electron chi connectivity index (χ2n) is 5.26. The Morgan fingerprint density at radius 1 is 1.23 bits per heavy atom. The Labute approximate surface area is 127 Å². The molecule has 1 atom stereocenters. The molecule has 1 fully saturated rings. The van der Waals surface area contributed by atoms with Gasteiger partial charge in [0.1, 0.15) is 6.04 Å². The van der Waals surface area contributed by atoms with Crippen molar-refractivity contribution in [2.75, 3.05) is 31.6 Å². The number of fused-ring (bicyclic) bond motifs is 1. The van der Waals surface area contributed by atoms with Crippen molar-refractivity contribution < 1.29 is 19.1 Å². The SMILES string of the molecule is O=C1N[C@@H](CC(=O)N2CCOCC2)C(=O)Nc2ccccc21. The number of nitrogens with one attached hydrogen (secondary N) is 2. The Kier molecular flexibility index (Phi) is 4.06. The normalized spacial score (nSPS) is 21.5. The smallest absolute Gasteiger partial charge is 0.254 e. The molecule has 0 aromatic heterocycles. The molecule has 1 aromatic rings. The number of para-hydroxylation sites is 1. The first-order chi connectivity index (χ1) is 10.6. The second kappa shape index (κ2) is 6.15. The quantitative estimate of drug-likeness (QED) is 0.804. The molecule has 1 aromatic carbocycles. The number of hydrogen-bond donors (Lipinski definition) is 2. The van der Waals surface area contributed by atoms with Crippen molar-refractivity contribution in [2.24, 2.45) is 0 Å². The van der Waals surface area contributed by atoms with Crippen LogP contribution in [0.3, 0.4) is 0 Å². The van der Waals surface area contributed by atoms with Gasteiger partial charge in [0.05, 0.1) is 30.9 Å². The van der Waals surface area contributed by atoms with E-state index >= 15 is 0 Å². The lowest BCUT2D eigenvalue weighted by atomic mass is 10.1. The maximum absolute atomic E-state index is 12.2. The predicted molar refractivity (Wildman–Crippen MR) is 78.3 cm³/mol. The van der Waals surface area contributed by atoms with E-state index in [1.807, 2.05) is 0 Å². The molecular formula is C15H17N3O4. The number of ether oxygens (including phenoxy) is 1. The molecule has 0 saturated carbocycles. The average Bonchev–Trinajstić information content (AvgIpc) is 2.66. The van der Waals surface area contributed by atoms with E-state index in [4.69, 9.17) is 4.74 Å². The lowest BCUT2D eigenvalue weighted by Gasteiger charge is -2.28. The van der Waals surface area contributed by atoms with Gasteiger partial charge in [-0.2, -0.15) is 0 Å². The molecule has 116 valence electrons. The van der Waals surface area contributed by atoms with Crippen molar-refractivity contribution in [1.82, 2.24) is 10.2 Å². The average molecular weight is 303 g/mol. The Balaban J connectivity index is 1.71. The van der Waals surface area contributed by atoms with Gasteiger partial charge in [-0.3, -0.25) is 14.4 Å². The summed E-state index contributed by atoms with van der Waals surface area (Å²) >= 11 is 0. The van der Waals surface area contributed by atoms with Crippen LogP contribution in [0, 0.1) is 0 Å². The number of carbonyl (C=O) groups excluding carboxylic acids is 3. The van der Waals surface area contributed by atoms with Crippen LogP contribution in [0.15, 0.2) is 24.3 Å². The van der Waals surface area contributed by atoms with Gasteiger partial charge in [-0.1, -0.05) is 12.1 Å². The van der Waals surface area contributed by atoms with Crippen molar-refractivity contribution in [3.63, 3.8) is 0 Å². The van der Waals surface area contributed by atoms with Gasteiger partial charge in [-0.05, 0) is 12.1 Å². The molecule has 7 nitrogen and oxygen atoms in total. The third kappa shape index (κ3) is 2.94. The minimum Gasteiger partial charge on any atom is -0.378 e. The van der Waals surface area contributed by atoms with Crippen molar-refractivity contribution >= 4 is 23.4 Å². The third-order valence-electron chi connectivity index (χ3n) is 3.79. The molecule has 22 heavy (non-hydrogen) atoms. The number of amides is 3. The van der Waals surface area contributed by atoms with Crippen molar-refractivity contribution in [1.29, 1.82) is 0 Å². The summed E-state index contributed by atoms with van der Waals surface area (Å²) in [5.41, 5.74) is 0.864.